The van der Waals surface area contributed by atoms with Gasteiger partial charge >= 0.3 is 5.97 Å². The van der Waals surface area contributed by atoms with Crippen molar-refractivity contribution in [2.75, 3.05) is 7.11 Å². The first kappa shape index (κ1) is 20.6. The summed E-state index contributed by atoms with van der Waals surface area (Å²) in [7, 11) is 1.48. The number of carbonyl (C=O) groups is 1. The zero-order valence-corrected chi connectivity index (χ0v) is 18.1. The van der Waals surface area contributed by atoms with E-state index in [9.17, 15) is 20.1 Å². The van der Waals surface area contributed by atoms with Crippen molar-refractivity contribution < 1.29 is 24.9 Å². The molecule has 5 nitrogen and oxygen atoms in total. The molecule has 0 bridgehead atoms. The number of ether oxygens (including phenoxy) is 1. The number of aliphatic hydroxyl groups is 3. The van der Waals surface area contributed by atoms with Crippen LogP contribution in [-0.4, -0.2) is 45.7 Å². The van der Waals surface area contributed by atoms with E-state index >= 15 is 0 Å². The van der Waals surface area contributed by atoms with Crippen LogP contribution in [-0.2, 0) is 9.53 Å². The predicted octanol–water partition coefficient (Wildman–Crippen LogP) is 3.05. The summed E-state index contributed by atoms with van der Waals surface area (Å²) in [4.78, 5) is 12.7. The molecule has 0 radical (unpaired) electrons. The molecule has 5 heteroatoms. The number of hydrogen-bond acceptors (Lipinski definition) is 5. The summed E-state index contributed by atoms with van der Waals surface area (Å²) in [6.45, 7) is 8.22. The Bertz CT molecular complexity index is 676. The van der Waals surface area contributed by atoms with Crippen molar-refractivity contribution in [1.29, 1.82) is 0 Å². The van der Waals surface area contributed by atoms with Crippen LogP contribution in [0.15, 0.2) is 0 Å². The molecular weight excluding hydrogens is 356 g/mol. The van der Waals surface area contributed by atoms with Crippen LogP contribution in [0.4, 0.5) is 0 Å². The molecule has 160 valence electrons. The van der Waals surface area contributed by atoms with Crippen molar-refractivity contribution in [3.63, 3.8) is 0 Å². The van der Waals surface area contributed by atoms with Gasteiger partial charge in [-0.1, -0.05) is 13.8 Å². The summed E-state index contributed by atoms with van der Waals surface area (Å²) in [5.74, 6) is 0.820. The van der Waals surface area contributed by atoms with E-state index in [0.29, 0.717) is 24.7 Å². The van der Waals surface area contributed by atoms with E-state index in [1.807, 2.05) is 0 Å². The van der Waals surface area contributed by atoms with E-state index in [1.54, 1.807) is 6.92 Å². The van der Waals surface area contributed by atoms with Crippen molar-refractivity contribution in [2.45, 2.75) is 96.4 Å². The highest BCUT2D eigenvalue weighted by atomic mass is 16.5. The van der Waals surface area contributed by atoms with Crippen LogP contribution in [0.3, 0.4) is 0 Å². The normalized spacial score (nSPS) is 58.4. The molecule has 9 atom stereocenters. The topological polar surface area (TPSA) is 87.0 Å². The molecule has 0 heterocycles. The van der Waals surface area contributed by atoms with Crippen LogP contribution >= 0.6 is 0 Å². The number of aliphatic hydroxyl groups excluding tert-OH is 1. The van der Waals surface area contributed by atoms with Gasteiger partial charge in [0.2, 0.25) is 0 Å². The zero-order valence-electron chi connectivity index (χ0n) is 18.1. The molecule has 4 fully saturated rings. The lowest BCUT2D eigenvalue weighted by molar-refractivity contribution is -0.301. The first-order chi connectivity index (χ1) is 12.9. The van der Waals surface area contributed by atoms with E-state index in [4.69, 9.17) is 4.74 Å². The zero-order chi connectivity index (χ0) is 20.8. The molecule has 4 saturated carbocycles. The van der Waals surface area contributed by atoms with Gasteiger partial charge in [-0.2, -0.15) is 0 Å². The highest BCUT2D eigenvalue weighted by molar-refractivity contribution is 5.78. The van der Waals surface area contributed by atoms with Gasteiger partial charge in [0.15, 0.2) is 0 Å². The SMILES string of the molecule is COC(=O)C1(C)CC[C@H]2[C@@H]3CC(C)(O)C4(O)CC(O)CC[C@]4(C)[C@@H]3CC[C@@]21C. The fourth-order valence-electron chi connectivity index (χ4n) is 8.50. The third-order valence-electron chi connectivity index (χ3n) is 10.5. The highest BCUT2D eigenvalue weighted by Gasteiger charge is 2.72. The van der Waals surface area contributed by atoms with Crippen molar-refractivity contribution in [2.24, 2.45) is 34.0 Å². The van der Waals surface area contributed by atoms with Gasteiger partial charge in [-0.25, -0.2) is 0 Å². The minimum atomic E-state index is -1.27. The number of rotatable bonds is 1. The summed E-state index contributed by atoms with van der Waals surface area (Å²) in [5, 5.41) is 33.5. The van der Waals surface area contributed by atoms with Gasteiger partial charge < -0.3 is 20.1 Å². The van der Waals surface area contributed by atoms with Crippen LogP contribution in [0.2, 0.25) is 0 Å². The molecule has 4 aliphatic rings. The molecular formula is C23H38O5. The maximum Gasteiger partial charge on any atom is 0.312 e. The Labute approximate surface area is 168 Å². The average molecular weight is 395 g/mol. The van der Waals surface area contributed by atoms with Crippen LogP contribution in [0.1, 0.15) is 79.1 Å². The first-order valence-corrected chi connectivity index (χ1v) is 11.1. The quantitative estimate of drug-likeness (QED) is 0.595. The smallest absolute Gasteiger partial charge is 0.312 e. The van der Waals surface area contributed by atoms with E-state index in [1.165, 1.54) is 7.11 Å². The molecule has 4 unspecified atom stereocenters. The van der Waals surface area contributed by atoms with Gasteiger partial charge in [0.25, 0.3) is 0 Å². The fraction of sp³-hybridized carbons (Fsp3) is 0.957. The van der Waals surface area contributed by atoms with E-state index in [0.717, 1.165) is 32.1 Å². The summed E-state index contributed by atoms with van der Waals surface area (Å²) < 4.78 is 5.21. The standard InChI is InChI=1S/C23H38O5/c1-19-10-7-17-15(16(19)8-11-21(19,3)18(25)28-5)13-22(4,26)23(27)12-14(24)6-9-20(17,23)2/h14-17,24,26-27H,6-13H2,1-5H3/t14?,15-,16-,17+,19-,20+,21?,22?,23?/m0/s1. The molecule has 4 aliphatic carbocycles. The number of carbonyl (C=O) groups excluding carboxylic acids is 1. The Hall–Kier alpha value is -0.650. The molecule has 28 heavy (non-hydrogen) atoms. The second-order valence-electron chi connectivity index (χ2n) is 11.3. The molecule has 0 aromatic carbocycles. The van der Waals surface area contributed by atoms with E-state index < -0.39 is 28.1 Å². The highest BCUT2D eigenvalue weighted by Crippen LogP contribution is 2.72. The van der Waals surface area contributed by atoms with Gasteiger partial charge in [0.1, 0.15) is 5.60 Å². The van der Waals surface area contributed by atoms with Crippen molar-refractivity contribution >= 4 is 5.97 Å². The Balaban J connectivity index is 1.75. The first-order valence-electron chi connectivity index (χ1n) is 11.1. The largest absolute Gasteiger partial charge is 0.469 e. The van der Waals surface area contributed by atoms with Gasteiger partial charge in [-0.15, -0.1) is 0 Å². The summed E-state index contributed by atoms with van der Waals surface area (Å²) in [6.07, 6.45) is 5.34. The van der Waals surface area contributed by atoms with Crippen molar-refractivity contribution in [1.82, 2.24) is 0 Å². The van der Waals surface area contributed by atoms with Crippen molar-refractivity contribution in [3.05, 3.63) is 0 Å². The Morgan fingerprint density at radius 1 is 0.893 bits per heavy atom. The lowest BCUT2D eigenvalue weighted by Crippen LogP contribution is -2.73. The Kier molecular flexibility index (Phi) is 4.38. The van der Waals surface area contributed by atoms with Crippen LogP contribution < -0.4 is 0 Å². The summed E-state index contributed by atoms with van der Waals surface area (Å²) >= 11 is 0. The maximum atomic E-state index is 12.7. The minimum Gasteiger partial charge on any atom is -0.469 e. The second kappa shape index (κ2) is 5.95. The molecule has 0 saturated heterocycles. The van der Waals surface area contributed by atoms with Crippen LogP contribution in [0, 0.1) is 34.0 Å². The number of hydrogen-bond donors (Lipinski definition) is 3. The summed E-state index contributed by atoms with van der Waals surface area (Å²) in [6, 6.07) is 0. The lowest BCUT2D eigenvalue weighted by atomic mass is 9.39. The summed E-state index contributed by atoms with van der Waals surface area (Å²) in [5.41, 5.74) is -3.55. The molecule has 0 aromatic rings. The maximum absolute atomic E-state index is 12.7. The minimum absolute atomic E-state index is 0.109. The molecule has 0 aromatic heterocycles. The molecule has 4 rings (SSSR count). The molecule has 3 N–H and O–H groups in total. The van der Waals surface area contributed by atoms with Crippen LogP contribution in [0.5, 0.6) is 0 Å². The van der Waals surface area contributed by atoms with Gasteiger partial charge in [0.05, 0.1) is 24.2 Å². The second-order valence-corrected chi connectivity index (χ2v) is 11.3. The Morgan fingerprint density at radius 2 is 1.46 bits per heavy atom. The van der Waals surface area contributed by atoms with Crippen LogP contribution in [0.25, 0.3) is 0 Å². The molecule has 0 aliphatic heterocycles. The van der Waals surface area contributed by atoms with Crippen molar-refractivity contribution in [3.8, 4) is 0 Å². The van der Waals surface area contributed by atoms with E-state index in [-0.39, 0.29) is 23.7 Å². The van der Waals surface area contributed by atoms with Gasteiger partial charge in [-0.3, -0.25) is 4.79 Å². The fourth-order valence-corrected chi connectivity index (χ4v) is 8.50. The lowest BCUT2D eigenvalue weighted by Gasteiger charge is -2.68. The average Bonchev–Trinajstić information content (AvgIpc) is 2.90. The molecule has 0 amide bonds. The monoisotopic (exact) mass is 394 g/mol. The van der Waals surface area contributed by atoms with Gasteiger partial charge in [-0.05, 0) is 82.0 Å². The van der Waals surface area contributed by atoms with Gasteiger partial charge in [0, 0.05) is 11.8 Å². The Morgan fingerprint density at radius 3 is 2.11 bits per heavy atom. The predicted molar refractivity (Wildman–Crippen MR) is 105 cm³/mol. The van der Waals surface area contributed by atoms with E-state index in [2.05, 4.69) is 20.8 Å². The third kappa shape index (κ3) is 2.22. The molecule has 0 spiro atoms. The third-order valence-corrected chi connectivity index (χ3v) is 10.5. The number of methoxy groups -OCH3 is 1. The number of fused-ring (bicyclic) bond motifs is 5. The number of esters is 1.